The molecule has 1 unspecified atom stereocenters. The van der Waals surface area contributed by atoms with Gasteiger partial charge in [0.25, 0.3) is 5.91 Å². The molecule has 1 amide bonds. The van der Waals surface area contributed by atoms with E-state index in [9.17, 15) is 9.59 Å². The van der Waals surface area contributed by atoms with E-state index in [4.69, 9.17) is 5.11 Å². The summed E-state index contributed by atoms with van der Waals surface area (Å²) in [5, 5.41) is 9.27. The number of carbonyl (C=O) groups is 2. The summed E-state index contributed by atoms with van der Waals surface area (Å²) >= 11 is 1.84. The van der Waals surface area contributed by atoms with Gasteiger partial charge in [0, 0.05) is 35.9 Å². The van der Waals surface area contributed by atoms with Crippen LogP contribution in [0.1, 0.15) is 27.8 Å². The van der Waals surface area contributed by atoms with Gasteiger partial charge in [0.2, 0.25) is 0 Å². The second-order valence-corrected chi connectivity index (χ2v) is 5.71. The molecular formula is C12H14N2O3S. The van der Waals surface area contributed by atoms with Crippen molar-refractivity contribution in [2.24, 2.45) is 0 Å². The molecular weight excluding hydrogens is 252 g/mol. The van der Waals surface area contributed by atoms with Crippen LogP contribution in [0.4, 0.5) is 0 Å². The van der Waals surface area contributed by atoms with Crippen molar-refractivity contribution in [1.29, 1.82) is 0 Å². The lowest BCUT2D eigenvalue weighted by Gasteiger charge is -2.30. The monoisotopic (exact) mass is 266 g/mol. The molecule has 1 aliphatic heterocycles. The average Bonchev–Trinajstić information content (AvgIpc) is 2.38. The minimum atomic E-state index is -1.12. The number of thioether (sulfide) groups is 1. The molecule has 18 heavy (non-hydrogen) atoms. The highest BCUT2D eigenvalue weighted by Crippen LogP contribution is 2.19. The molecule has 0 aromatic carbocycles. The van der Waals surface area contributed by atoms with Gasteiger partial charge in [0.15, 0.2) is 0 Å². The zero-order valence-electron chi connectivity index (χ0n) is 10.00. The SMILES string of the molecule is CC1CN(C(=O)c2ccnc(C(=O)O)c2)CCS1. The minimum Gasteiger partial charge on any atom is -0.477 e. The number of pyridine rings is 1. The van der Waals surface area contributed by atoms with E-state index in [1.165, 1.54) is 12.3 Å². The van der Waals surface area contributed by atoms with Crippen molar-refractivity contribution in [1.82, 2.24) is 9.88 Å². The fraction of sp³-hybridized carbons (Fsp3) is 0.417. The number of amides is 1. The Labute approximate surface area is 109 Å². The molecule has 2 rings (SSSR count). The van der Waals surface area contributed by atoms with E-state index in [2.05, 4.69) is 11.9 Å². The highest BCUT2D eigenvalue weighted by atomic mass is 32.2. The predicted molar refractivity (Wildman–Crippen MR) is 69.0 cm³/mol. The number of carboxylic acids is 1. The van der Waals surface area contributed by atoms with Crippen LogP contribution < -0.4 is 0 Å². The van der Waals surface area contributed by atoms with E-state index in [1.807, 2.05) is 11.8 Å². The fourth-order valence-electron chi connectivity index (χ4n) is 1.87. The third-order valence-corrected chi connectivity index (χ3v) is 3.89. The smallest absolute Gasteiger partial charge is 0.354 e. The molecule has 1 aromatic rings. The molecule has 0 bridgehead atoms. The molecule has 1 saturated heterocycles. The molecule has 5 nitrogen and oxygen atoms in total. The van der Waals surface area contributed by atoms with E-state index < -0.39 is 5.97 Å². The van der Waals surface area contributed by atoms with Crippen molar-refractivity contribution in [3.8, 4) is 0 Å². The first kappa shape index (κ1) is 12.9. The maximum atomic E-state index is 12.2. The number of aromatic carboxylic acids is 1. The van der Waals surface area contributed by atoms with Gasteiger partial charge < -0.3 is 10.0 Å². The van der Waals surface area contributed by atoms with Crippen molar-refractivity contribution in [2.75, 3.05) is 18.8 Å². The van der Waals surface area contributed by atoms with Gasteiger partial charge in [0.1, 0.15) is 5.69 Å². The Morgan fingerprint density at radius 1 is 1.56 bits per heavy atom. The number of rotatable bonds is 2. The van der Waals surface area contributed by atoms with Crippen LogP contribution in [-0.2, 0) is 0 Å². The van der Waals surface area contributed by atoms with E-state index in [-0.39, 0.29) is 11.6 Å². The highest BCUT2D eigenvalue weighted by Gasteiger charge is 2.23. The maximum absolute atomic E-state index is 12.2. The molecule has 0 saturated carbocycles. The standard InChI is InChI=1S/C12H14N2O3S/c1-8-7-14(4-5-18-8)11(15)9-2-3-13-10(6-9)12(16)17/h2-3,6,8H,4-5,7H2,1H3,(H,16,17). The second kappa shape index (κ2) is 5.39. The number of aromatic nitrogens is 1. The van der Waals surface area contributed by atoms with Crippen molar-refractivity contribution in [3.05, 3.63) is 29.6 Å². The number of carbonyl (C=O) groups excluding carboxylic acids is 1. The van der Waals surface area contributed by atoms with Crippen molar-refractivity contribution in [3.63, 3.8) is 0 Å². The van der Waals surface area contributed by atoms with E-state index in [1.54, 1.807) is 11.0 Å². The second-order valence-electron chi connectivity index (χ2n) is 4.17. The largest absolute Gasteiger partial charge is 0.477 e. The molecule has 6 heteroatoms. The molecule has 1 atom stereocenters. The van der Waals surface area contributed by atoms with E-state index >= 15 is 0 Å². The first-order chi connectivity index (χ1) is 8.58. The molecule has 1 aliphatic rings. The molecule has 1 aromatic heterocycles. The summed E-state index contributed by atoms with van der Waals surface area (Å²) < 4.78 is 0. The molecule has 2 heterocycles. The lowest BCUT2D eigenvalue weighted by molar-refractivity contribution is 0.0690. The van der Waals surface area contributed by atoms with Crippen LogP contribution in [0, 0.1) is 0 Å². The van der Waals surface area contributed by atoms with E-state index in [0.717, 1.165) is 5.75 Å². The van der Waals surface area contributed by atoms with Crippen LogP contribution in [0.15, 0.2) is 18.3 Å². The molecule has 1 fully saturated rings. The van der Waals surface area contributed by atoms with Crippen LogP contribution in [0.3, 0.4) is 0 Å². The Kier molecular flexibility index (Phi) is 3.86. The molecule has 1 N–H and O–H groups in total. The van der Waals surface area contributed by atoms with Crippen LogP contribution >= 0.6 is 11.8 Å². The van der Waals surface area contributed by atoms with Crippen LogP contribution in [0.2, 0.25) is 0 Å². The van der Waals surface area contributed by atoms with Crippen LogP contribution in [0.25, 0.3) is 0 Å². The van der Waals surface area contributed by atoms with Gasteiger partial charge in [-0.15, -0.1) is 0 Å². The molecule has 0 aliphatic carbocycles. The Balaban J connectivity index is 2.17. The zero-order chi connectivity index (χ0) is 13.1. The maximum Gasteiger partial charge on any atom is 0.354 e. The van der Waals surface area contributed by atoms with E-state index in [0.29, 0.717) is 23.9 Å². The lowest BCUT2D eigenvalue weighted by atomic mass is 10.2. The zero-order valence-corrected chi connectivity index (χ0v) is 10.8. The van der Waals surface area contributed by atoms with Crippen molar-refractivity contribution < 1.29 is 14.7 Å². The molecule has 0 spiro atoms. The quantitative estimate of drug-likeness (QED) is 0.875. The van der Waals surface area contributed by atoms with Gasteiger partial charge >= 0.3 is 5.97 Å². The number of carboxylic acid groups (broad SMARTS) is 1. The summed E-state index contributed by atoms with van der Waals surface area (Å²) in [4.78, 5) is 28.5. The van der Waals surface area contributed by atoms with Gasteiger partial charge in [-0.2, -0.15) is 11.8 Å². The summed E-state index contributed by atoms with van der Waals surface area (Å²) in [6.45, 7) is 3.49. The fourth-order valence-corrected chi connectivity index (χ4v) is 2.88. The minimum absolute atomic E-state index is 0.0970. The van der Waals surface area contributed by atoms with Gasteiger partial charge in [0.05, 0.1) is 0 Å². The predicted octanol–water partition coefficient (Wildman–Crippen LogP) is 1.36. The number of hydrogen-bond acceptors (Lipinski definition) is 4. The molecule has 96 valence electrons. The Bertz CT molecular complexity index is 478. The average molecular weight is 266 g/mol. The van der Waals surface area contributed by atoms with Gasteiger partial charge in [-0.05, 0) is 12.1 Å². The first-order valence-corrected chi connectivity index (χ1v) is 6.73. The van der Waals surface area contributed by atoms with Gasteiger partial charge in [-0.3, -0.25) is 4.79 Å². The summed E-state index contributed by atoms with van der Waals surface area (Å²) in [6.07, 6.45) is 1.36. The van der Waals surface area contributed by atoms with Crippen LogP contribution in [0.5, 0.6) is 0 Å². The van der Waals surface area contributed by atoms with Crippen molar-refractivity contribution >= 4 is 23.6 Å². The number of nitrogens with zero attached hydrogens (tertiary/aromatic N) is 2. The Morgan fingerprint density at radius 2 is 2.33 bits per heavy atom. The summed E-state index contributed by atoms with van der Waals surface area (Å²) in [5.41, 5.74) is 0.293. The summed E-state index contributed by atoms with van der Waals surface area (Å²) in [6, 6.07) is 2.89. The Morgan fingerprint density at radius 3 is 3.00 bits per heavy atom. The van der Waals surface area contributed by atoms with Gasteiger partial charge in [-0.1, -0.05) is 6.92 Å². The third-order valence-electron chi connectivity index (χ3n) is 2.75. The third kappa shape index (κ3) is 2.81. The summed E-state index contributed by atoms with van der Waals surface area (Å²) in [5.74, 6) is -0.316. The van der Waals surface area contributed by atoms with Crippen molar-refractivity contribution in [2.45, 2.75) is 12.2 Å². The van der Waals surface area contributed by atoms with Crippen LogP contribution in [-0.4, -0.2) is 51.0 Å². The Hall–Kier alpha value is -1.56. The first-order valence-electron chi connectivity index (χ1n) is 5.68. The topological polar surface area (TPSA) is 70.5 Å². The molecule has 0 radical (unpaired) electrons. The lowest BCUT2D eigenvalue weighted by Crippen LogP contribution is -2.41. The number of hydrogen-bond donors (Lipinski definition) is 1. The summed E-state index contributed by atoms with van der Waals surface area (Å²) in [7, 11) is 0. The van der Waals surface area contributed by atoms with Gasteiger partial charge in [-0.25, -0.2) is 9.78 Å². The normalized spacial score (nSPS) is 19.6. The highest BCUT2D eigenvalue weighted by molar-refractivity contribution is 7.99.